The summed E-state index contributed by atoms with van der Waals surface area (Å²) < 4.78 is 10.6. The van der Waals surface area contributed by atoms with Crippen LogP contribution in [0.15, 0.2) is 34.6 Å². The lowest BCUT2D eigenvalue weighted by Crippen LogP contribution is -2.27. The number of benzene rings is 1. The summed E-state index contributed by atoms with van der Waals surface area (Å²) in [6.45, 7) is 0.486. The Hall–Kier alpha value is -2.92. The Bertz CT molecular complexity index is 895. The van der Waals surface area contributed by atoms with Gasteiger partial charge in [0.1, 0.15) is 9.88 Å². The number of amides is 1. The number of terminal acetylenes is 1. The topological polar surface area (TPSA) is 85.2 Å². The lowest BCUT2D eigenvalue weighted by molar-refractivity contribution is 0.0955. The molecule has 7 nitrogen and oxygen atoms in total. The van der Waals surface area contributed by atoms with Gasteiger partial charge in [-0.2, -0.15) is 10.2 Å². The molecular formula is C19H20N4O3S. The minimum Gasteiger partial charge on any atom is -0.493 e. The molecule has 0 unspecified atom stereocenters. The fraction of sp³-hybridized carbons (Fsp3) is 0.368. The van der Waals surface area contributed by atoms with Crippen molar-refractivity contribution >= 4 is 17.2 Å². The lowest BCUT2D eigenvalue weighted by Gasteiger charge is -2.09. The second kappa shape index (κ2) is 8.18. The number of aromatic nitrogens is 1. The van der Waals surface area contributed by atoms with E-state index in [1.807, 2.05) is 18.2 Å². The second-order valence-electron chi connectivity index (χ2n) is 5.99. The number of nitrogens with one attached hydrogen (secondary N) is 1. The smallest absolute Gasteiger partial charge is 0.263 e. The predicted octanol–water partition coefficient (Wildman–Crippen LogP) is 3.52. The van der Waals surface area contributed by atoms with Crippen LogP contribution in [-0.4, -0.2) is 37.3 Å². The molecule has 0 saturated heterocycles. The van der Waals surface area contributed by atoms with Crippen LogP contribution in [0.1, 0.15) is 28.9 Å². The summed E-state index contributed by atoms with van der Waals surface area (Å²) in [5.74, 6) is 3.69. The molecular weight excluding hydrogens is 364 g/mol. The monoisotopic (exact) mass is 384 g/mol. The van der Waals surface area contributed by atoms with Crippen LogP contribution in [-0.2, 0) is 0 Å². The van der Waals surface area contributed by atoms with Gasteiger partial charge in [0.15, 0.2) is 17.2 Å². The molecule has 1 aliphatic rings. The highest BCUT2D eigenvalue weighted by Crippen LogP contribution is 2.36. The first kappa shape index (κ1) is 18.9. The van der Waals surface area contributed by atoms with Crippen LogP contribution in [0.5, 0.6) is 11.5 Å². The van der Waals surface area contributed by atoms with E-state index in [-0.39, 0.29) is 5.91 Å². The Labute approximate surface area is 161 Å². The van der Waals surface area contributed by atoms with Gasteiger partial charge in [0, 0.05) is 31.4 Å². The Morgan fingerprint density at radius 1 is 1.26 bits per heavy atom. The Morgan fingerprint density at radius 2 is 2.04 bits per heavy atom. The molecule has 1 aromatic heterocycles. The van der Waals surface area contributed by atoms with E-state index in [2.05, 4.69) is 26.4 Å². The first-order chi connectivity index (χ1) is 13.1. The van der Waals surface area contributed by atoms with Crippen LogP contribution < -0.4 is 14.8 Å². The van der Waals surface area contributed by atoms with E-state index >= 15 is 0 Å². The minimum atomic E-state index is -0.391. The first-order valence-corrected chi connectivity index (χ1v) is 9.26. The summed E-state index contributed by atoms with van der Waals surface area (Å²) in [5, 5.41) is 11.8. The molecule has 2 aromatic rings. The number of thiazole rings is 1. The highest BCUT2D eigenvalue weighted by molar-refractivity contribution is 7.16. The van der Waals surface area contributed by atoms with Gasteiger partial charge in [-0.15, -0.1) is 23.7 Å². The van der Waals surface area contributed by atoms with Gasteiger partial charge in [0.2, 0.25) is 0 Å². The molecule has 0 bridgehead atoms. The van der Waals surface area contributed by atoms with Gasteiger partial charge in [-0.1, -0.05) is 0 Å². The maximum atomic E-state index is 12.4. The van der Waals surface area contributed by atoms with Crippen LogP contribution in [0.4, 0.5) is 0 Å². The minimum absolute atomic E-state index is 0.160. The third-order valence-electron chi connectivity index (χ3n) is 4.22. The van der Waals surface area contributed by atoms with E-state index in [9.17, 15) is 4.79 Å². The quantitative estimate of drug-likeness (QED) is 0.670. The van der Waals surface area contributed by atoms with E-state index in [1.165, 1.54) is 11.3 Å². The van der Waals surface area contributed by atoms with E-state index in [0.717, 1.165) is 17.0 Å². The highest BCUT2D eigenvalue weighted by Gasteiger charge is 2.38. The van der Waals surface area contributed by atoms with Gasteiger partial charge in [-0.05, 0) is 18.2 Å². The molecule has 1 N–H and O–H groups in total. The van der Waals surface area contributed by atoms with E-state index in [0.29, 0.717) is 35.8 Å². The molecule has 0 fully saturated rings. The number of carbonyl (C=O) groups is 1. The van der Waals surface area contributed by atoms with Crippen molar-refractivity contribution in [3.05, 3.63) is 29.3 Å². The molecule has 1 aliphatic heterocycles. The van der Waals surface area contributed by atoms with Gasteiger partial charge in [-0.3, -0.25) is 4.79 Å². The van der Waals surface area contributed by atoms with Crippen LogP contribution in [0.25, 0.3) is 10.6 Å². The summed E-state index contributed by atoms with van der Waals surface area (Å²) in [4.78, 5) is 17.2. The summed E-state index contributed by atoms with van der Waals surface area (Å²) in [6, 6.07) is 5.53. The summed E-state index contributed by atoms with van der Waals surface area (Å²) >= 11 is 1.32. The average molecular weight is 384 g/mol. The third-order valence-corrected chi connectivity index (χ3v) is 5.27. The van der Waals surface area contributed by atoms with Crippen LogP contribution in [0.3, 0.4) is 0 Å². The number of rotatable bonds is 9. The van der Waals surface area contributed by atoms with Crippen molar-refractivity contribution in [2.45, 2.75) is 24.9 Å². The molecule has 8 heteroatoms. The largest absolute Gasteiger partial charge is 0.493 e. The Kier molecular flexibility index (Phi) is 5.72. The Balaban J connectivity index is 1.59. The Morgan fingerprint density at radius 3 is 2.70 bits per heavy atom. The van der Waals surface area contributed by atoms with Crippen molar-refractivity contribution in [1.82, 2.24) is 10.3 Å². The van der Waals surface area contributed by atoms with Crippen molar-refractivity contribution < 1.29 is 14.3 Å². The van der Waals surface area contributed by atoms with Gasteiger partial charge < -0.3 is 14.8 Å². The SMILES string of the molecule is C#CCCC1(CCNC(=O)c2cnc(-c3ccc(OC)c(OC)c3)s2)N=N1. The van der Waals surface area contributed by atoms with Gasteiger partial charge >= 0.3 is 0 Å². The van der Waals surface area contributed by atoms with Crippen molar-refractivity contribution in [3.8, 4) is 34.4 Å². The number of hydrogen-bond donors (Lipinski definition) is 1. The lowest BCUT2D eigenvalue weighted by atomic mass is 10.0. The number of nitrogens with zero attached hydrogens (tertiary/aromatic N) is 3. The fourth-order valence-corrected chi connectivity index (χ4v) is 3.44. The third kappa shape index (κ3) is 4.44. The zero-order valence-corrected chi connectivity index (χ0v) is 16.0. The number of ether oxygens (including phenoxy) is 2. The maximum Gasteiger partial charge on any atom is 0.263 e. The molecule has 27 heavy (non-hydrogen) atoms. The molecule has 0 aliphatic carbocycles. The summed E-state index contributed by atoms with van der Waals surface area (Å²) in [6.07, 6.45) is 8.86. The highest BCUT2D eigenvalue weighted by atomic mass is 32.1. The van der Waals surface area contributed by atoms with Gasteiger partial charge in [0.05, 0.1) is 20.4 Å². The molecule has 140 valence electrons. The fourth-order valence-electron chi connectivity index (χ4n) is 2.61. The summed E-state index contributed by atoms with van der Waals surface area (Å²) in [5.41, 5.74) is 0.471. The molecule has 0 atom stereocenters. The molecule has 0 spiro atoms. The van der Waals surface area contributed by atoms with Crippen molar-refractivity contribution in [1.29, 1.82) is 0 Å². The molecule has 0 saturated carbocycles. The van der Waals surface area contributed by atoms with Crippen LogP contribution >= 0.6 is 11.3 Å². The first-order valence-electron chi connectivity index (χ1n) is 8.45. The number of hydrogen-bond acceptors (Lipinski definition) is 7. The molecule has 3 rings (SSSR count). The van der Waals surface area contributed by atoms with Gasteiger partial charge in [0.25, 0.3) is 5.91 Å². The predicted molar refractivity (Wildman–Crippen MR) is 103 cm³/mol. The van der Waals surface area contributed by atoms with Crippen molar-refractivity contribution in [3.63, 3.8) is 0 Å². The zero-order valence-electron chi connectivity index (χ0n) is 15.2. The van der Waals surface area contributed by atoms with Gasteiger partial charge in [-0.25, -0.2) is 4.98 Å². The summed E-state index contributed by atoms with van der Waals surface area (Å²) in [7, 11) is 3.17. The van der Waals surface area contributed by atoms with Crippen LogP contribution in [0.2, 0.25) is 0 Å². The van der Waals surface area contributed by atoms with Crippen LogP contribution in [0, 0.1) is 12.3 Å². The maximum absolute atomic E-state index is 12.4. The van der Waals surface area contributed by atoms with E-state index in [4.69, 9.17) is 15.9 Å². The van der Waals surface area contributed by atoms with E-state index < -0.39 is 5.66 Å². The van der Waals surface area contributed by atoms with E-state index in [1.54, 1.807) is 20.4 Å². The number of methoxy groups -OCH3 is 2. The molecule has 0 radical (unpaired) electrons. The molecule has 1 amide bonds. The molecule has 2 heterocycles. The van der Waals surface area contributed by atoms with Crippen molar-refractivity contribution in [2.75, 3.05) is 20.8 Å². The van der Waals surface area contributed by atoms with Crippen molar-refractivity contribution in [2.24, 2.45) is 10.2 Å². The normalized spacial score (nSPS) is 13.7. The molecule has 1 aromatic carbocycles. The standard InChI is InChI=1S/C19H20N4O3S/c1-4-5-8-19(22-23-19)9-10-20-17(24)16-12-21-18(27-16)13-6-7-14(25-2)15(11-13)26-3/h1,6-7,11-12H,5,8-10H2,2-3H3,(H,20,24). The number of carbonyl (C=O) groups excluding carboxylic acids is 1. The average Bonchev–Trinajstić information content (AvgIpc) is 3.28. The zero-order chi connectivity index (χ0) is 19.3. The second-order valence-corrected chi connectivity index (χ2v) is 7.02.